The molecule has 0 atom stereocenters. The van der Waals surface area contributed by atoms with Crippen molar-refractivity contribution in [1.29, 1.82) is 0 Å². The fraction of sp³-hybridized carbons (Fsp3) is 0. The second-order valence-corrected chi connectivity index (χ2v) is 6.42. The van der Waals surface area contributed by atoms with E-state index in [1.807, 2.05) is 0 Å². The number of non-ortho nitro benzene ring substituents is 1. The molecular formula is C15H8ClN6O3S. The number of carbonyl (C=O) groups excluding carboxylic acids is 1. The van der Waals surface area contributed by atoms with Gasteiger partial charge in [0.25, 0.3) is 5.69 Å². The predicted octanol–water partition coefficient (Wildman–Crippen LogP) is 3.24. The topological polar surface area (TPSA) is 122 Å². The minimum atomic E-state index is -0.761. The zero-order valence-corrected chi connectivity index (χ0v) is 14.4. The van der Waals surface area contributed by atoms with Crippen LogP contribution in [0.15, 0.2) is 36.5 Å². The molecule has 0 saturated carbocycles. The zero-order chi connectivity index (χ0) is 18.4. The van der Waals surface area contributed by atoms with Crippen LogP contribution in [0.4, 0.5) is 10.5 Å². The van der Waals surface area contributed by atoms with Gasteiger partial charge < -0.3 is 5.73 Å². The van der Waals surface area contributed by atoms with Gasteiger partial charge in [0.15, 0.2) is 17.0 Å². The van der Waals surface area contributed by atoms with Gasteiger partial charge in [0.2, 0.25) is 0 Å². The highest BCUT2D eigenvalue weighted by atomic mass is 35.5. The van der Waals surface area contributed by atoms with Crippen molar-refractivity contribution in [1.82, 2.24) is 19.3 Å². The van der Waals surface area contributed by atoms with Crippen LogP contribution >= 0.6 is 22.9 Å². The highest BCUT2D eigenvalue weighted by Gasteiger charge is 2.21. The molecule has 0 bridgehead atoms. The zero-order valence-electron chi connectivity index (χ0n) is 12.8. The molecule has 0 aliphatic rings. The average Bonchev–Trinajstić information content (AvgIpc) is 3.30. The monoisotopic (exact) mass is 387 g/mol. The molecule has 4 aromatic rings. The SMILES string of the molecule is NC(=O)n1nc(-n2cccc2-c2ccc([N+](=O)[O-])cc2Cl)c2s[c]nc21. The molecule has 9 nitrogen and oxygen atoms in total. The van der Waals surface area contributed by atoms with Gasteiger partial charge in [0.1, 0.15) is 4.70 Å². The minimum absolute atomic E-state index is 0.102. The minimum Gasteiger partial charge on any atom is -0.350 e. The van der Waals surface area contributed by atoms with E-state index in [2.05, 4.69) is 15.6 Å². The summed E-state index contributed by atoms with van der Waals surface area (Å²) in [5.74, 6) is 0.437. The number of nitrogens with two attached hydrogens (primary N) is 1. The lowest BCUT2D eigenvalue weighted by molar-refractivity contribution is -0.384. The smallest absolute Gasteiger partial charge is 0.341 e. The van der Waals surface area contributed by atoms with Crippen LogP contribution in [0.1, 0.15) is 0 Å². The van der Waals surface area contributed by atoms with Gasteiger partial charge in [-0.15, -0.1) is 16.4 Å². The molecule has 0 spiro atoms. The molecule has 26 heavy (non-hydrogen) atoms. The number of aromatic nitrogens is 4. The lowest BCUT2D eigenvalue weighted by Crippen LogP contribution is -2.21. The van der Waals surface area contributed by atoms with Gasteiger partial charge in [-0.05, 0) is 18.2 Å². The molecule has 0 aliphatic heterocycles. The second-order valence-electron chi connectivity index (χ2n) is 5.22. The molecule has 0 fully saturated rings. The quantitative estimate of drug-likeness (QED) is 0.427. The number of hydrogen-bond acceptors (Lipinski definition) is 6. The van der Waals surface area contributed by atoms with Crippen LogP contribution in [-0.4, -0.2) is 30.3 Å². The van der Waals surface area contributed by atoms with Crippen LogP contribution in [0.3, 0.4) is 0 Å². The van der Waals surface area contributed by atoms with Crippen LogP contribution in [0.25, 0.3) is 27.4 Å². The van der Waals surface area contributed by atoms with Crippen molar-refractivity contribution < 1.29 is 9.72 Å². The van der Waals surface area contributed by atoms with Crippen molar-refractivity contribution in [3.8, 4) is 17.1 Å². The Balaban J connectivity index is 1.91. The number of primary amides is 1. The van der Waals surface area contributed by atoms with Gasteiger partial charge in [-0.3, -0.25) is 14.7 Å². The number of benzene rings is 1. The number of rotatable bonds is 3. The molecule has 1 radical (unpaired) electrons. The number of fused-ring (bicyclic) bond motifs is 1. The van der Waals surface area contributed by atoms with E-state index in [1.165, 1.54) is 23.5 Å². The first-order valence-electron chi connectivity index (χ1n) is 7.15. The Kier molecular flexibility index (Phi) is 3.71. The van der Waals surface area contributed by atoms with E-state index in [4.69, 9.17) is 17.3 Å². The first-order valence-corrected chi connectivity index (χ1v) is 8.34. The van der Waals surface area contributed by atoms with Crippen LogP contribution in [0.2, 0.25) is 5.02 Å². The first-order chi connectivity index (χ1) is 12.5. The number of halogens is 1. The van der Waals surface area contributed by atoms with E-state index in [9.17, 15) is 14.9 Å². The molecule has 0 aliphatic carbocycles. The fourth-order valence-corrected chi connectivity index (χ4v) is 3.56. The molecule has 0 saturated heterocycles. The maximum atomic E-state index is 11.6. The van der Waals surface area contributed by atoms with Crippen molar-refractivity contribution in [2.45, 2.75) is 0 Å². The first kappa shape index (κ1) is 16.2. The van der Waals surface area contributed by atoms with Gasteiger partial charge in [-0.2, -0.15) is 4.68 Å². The van der Waals surface area contributed by atoms with Crippen LogP contribution in [0.5, 0.6) is 0 Å². The maximum absolute atomic E-state index is 11.6. The number of nitro benzene ring substituents is 1. The third-order valence-corrected chi connectivity index (χ3v) is 4.79. The normalized spacial score (nSPS) is 11.1. The molecule has 3 heterocycles. The van der Waals surface area contributed by atoms with Crippen molar-refractivity contribution in [3.63, 3.8) is 0 Å². The fourth-order valence-electron chi connectivity index (χ4n) is 2.61. The summed E-state index contributed by atoms with van der Waals surface area (Å²) < 4.78 is 3.33. The van der Waals surface area contributed by atoms with Gasteiger partial charge in [-0.1, -0.05) is 11.6 Å². The van der Waals surface area contributed by atoms with Gasteiger partial charge in [-0.25, -0.2) is 9.78 Å². The van der Waals surface area contributed by atoms with Gasteiger partial charge in [0, 0.05) is 23.9 Å². The Hall–Kier alpha value is -3.24. The number of carbonyl (C=O) groups is 1. The van der Waals surface area contributed by atoms with E-state index in [-0.39, 0.29) is 10.7 Å². The predicted molar refractivity (Wildman–Crippen MR) is 95.6 cm³/mol. The number of amides is 1. The maximum Gasteiger partial charge on any atom is 0.341 e. The van der Waals surface area contributed by atoms with Crippen molar-refractivity contribution in [2.75, 3.05) is 0 Å². The third-order valence-electron chi connectivity index (χ3n) is 3.73. The molecule has 4 rings (SSSR count). The summed E-state index contributed by atoms with van der Waals surface area (Å²) in [7, 11) is 0. The molecular weight excluding hydrogens is 380 g/mol. The average molecular weight is 388 g/mol. The molecule has 3 aromatic heterocycles. The van der Waals surface area contributed by atoms with Crippen LogP contribution in [-0.2, 0) is 0 Å². The Morgan fingerprint density at radius 3 is 2.88 bits per heavy atom. The standard InChI is InChI=1S/C15H8ClN6O3S/c16-10-6-8(22(24)25)3-4-9(10)11-2-1-5-20(11)14-12-13(18-7-26-12)21(19-14)15(17)23/h1-6H,(H2,17,23). The highest BCUT2D eigenvalue weighted by Crippen LogP contribution is 2.34. The van der Waals surface area contributed by atoms with E-state index < -0.39 is 11.0 Å². The number of nitro groups is 1. The van der Waals surface area contributed by atoms with Crippen molar-refractivity contribution in [3.05, 3.63) is 57.2 Å². The third kappa shape index (κ3) is 2.43. The molecule has 129 valence electrons. The van der Waals surface area contributed by atoms with Gasteiger partial charge >= 0.3 is 6.03 Å². The largest absolute Gasteiger partial charge is 0.350 e. The summed E-state index contributed by atoms with van der Waals surface area (Å²) in [6.07, 6.45) is 1.74. The number of nitrogens with zero attached hydrogens (tertiary/aromatic N) is 5. The molecule has 0 unspecified atom stereocenters. The summed E-state index contributed by atoms with van der Waals surface area (Å²) in [4.78, 5) is 26.0. The van der Waals surface area contributed by atoms with Crippen molar-refractivity contribution >= 4 is 45.0 Å². The Bertz CT molecular complexity index is 1180. The lowest BCUT2D eigenvalue weighted by atomic mass is 10.1. The number of hydrogen-bond donors (Lipinski definition) is 1. The van der Waals surface area contributed by atoms with Crippen molar-refractivity contribution in [2.24, 2.45) is 5.73 Å². The summed E-state index contributed by atoms with van der Waals surface area (Å²) in [5, 5.41) is 15.4. The Labute approximate surface area is 154 Å². The van der Waals surface area contributed by atoms with Crippen LogP contribution in [0, 0.1) is 15.6 Å². The van der Waals surface area contributed by atoms with Gasteiger partial charge in [0.05, 0.1) is 15.6 Å². The Morgan fingerprint density at radius 2 is 2.19 bits per heavy atom. The Morgan fingerprint density at radius 1 is 1.38 bits per heavy atom. The van der Waals surface area contributed by atoms with E-state index in [0.717, 1.165) is 4.68 Å². The van der Waals surface area contributed by atoms with E-state index >= 15 is 0 Å². The highest BCUT2D eigenvalue weighted by molar-refractivity contribution is 7.16. The summed E-state index contributed by atoms with van der Waals surface area (Å²) in [6.45, 7) is 0. The molecule has 11 heteroatoms. The molecule has 1 aromatic carbocycles. The molecule has 1 amide bonds. The molecule has 2 N–H and O–H groups in total. The summed E-state index contributed by atoms with van der Waals surface area (Å²) in [5.41, 5.74) is 9.49. The lowest BCUT2D eigenvalue weighted by Gasteiger charge is -2.08. The number of thiazole rings is 1. The van der Waals surface area contributed by atoms with Crippen LogP contribution < -0.4 is 5.73 Å². The van der Waals surface area contributed by atoms with E-state index in [0.29, 0.717) is 27.4 Å². The summed E-state index contributed by atoms with van der Waals surface area (Å²) in [6, 6.07) is 7.01. The summed E-state index contributed by atoms with van der Waals surface area (Å²) >= 11 is 7.44. The second kappa shape index (κ2) is 5.93. The van der Waals surface area contributed by atoms with E-state index in [1.54, 1.807) is 29.0 Å².